The average molecular weight is 499 g/mol. The van der Waals surface area contributed by atoms with Crippen LogP contribution in [-0.2, 0) is 17.8 Å². The minimum Gasteiger partial charge on any atom is -0.481 e. The van der Waals surface area contributed by atoms with Gasteiger partial charge in [-0.3, -0.25) is 4.79 Å². The molecule has 5 rings (SSSR count). The summed E-state index contributed by atoms with van der Waals surface area (Å²) in [5.74, 6) is -1.28. The number of carbonyl (C=O) groups excluding carboxylic acids is 1. The summed E-state index contributed by atoms with van der Waals surface area (Å²) in [6.45, 7) is 0.0196. The molecular weight excluding hydrogens is 476 g/mol. The summed E-state index contributed by atoms with van der Waals surface area (Å²) >= 11 is 6.43. The van der Waals surface area contributed by atoms with Crippen LogP contribution in [-0.4, -0.2) is 28.2 Å². The van der Waals surface area contributed by atoms with Gasteiger partial charge in [0.15, 0.2) is 6.61 Å². The van der Waals surface area contributed by atoms with Crippen molar-refractivity contribution in [3.05, 3.63) is 112 Å². The quantitative estimate of drug-likeness (QED) is 0.289. The summed E-state index contributed by atoms with van der Waals surface area (Å²) in [5, 5.41) is 11.3. The molecule has 1 heterocycles. The number of hydrogen-bond donors (Lipinski definition) is 2. The van der Waals surface area contributed by atoms with E-state index < -0.39 is 18.5 Å². The molecule has 5 aromatic rings. The molecule has 0 bridgehead atoms. The van der Waals surface area contributed by atoms with Gasteiger partial charge in [0.1, 0.15) is 5.75 Å². The maximum absolute atomic E-state index is 12.4. The van der Waals surface area contributed by atoms with E-state index in [2.05, 4.69) is 4.57 Å². The number of aliphatic carboxylic acids is 1. The number of carboxylic acids is 1. The van der Waals surface area contributed by atoms with Crippen LogP contribution in [0, 0.1) is 0 Å². The van der Waals surface area contributed by atoms with Gasteiger partial charge in [0.25, 0.3) is 0 Å². The Hall–Kier alpha value is -4.29. The zero-order valence-electron chi connectivity index (χ0n) is 19.3. The summed E-state index contributed by atoms with van der Waals surface area (Å²) in [5.41, 5.74) is 10.6. The van der Waals surface area contributed by atoms with Gasteiger partial charge in [0.05, 0.1) is 16.4 Å². The second kappa shape index (κ2) is 9.76. The van der Waals surface area contributed by atoms with E-state index in [1.54, 1.807) is 12.1 Å². The number of nitrogens with two attached hydrogens (primary N) is 1. The van der Waals surface area contributed by atoms with Gasteiger partial charge in [-0.15, -0.1) is 0 Å². The van der Waals surface area contributed by atoms with Crippen LogP contribution in [0.15, 0.2) is 84.9 Å². The van der Waals surface area contributed by atoms with Crippen LogP contribution in [0.4, 0.5) is 0 Å². The third-order valence-electron chi connectivity index (χ3n) is 6.17. The molecule has 1 aromatic heterocycles. The van der Waals surface area contributed by atoms with Crippen LogP contribution in [0.2, 0.25) is 5.02 Å². The van der Waals surface area contributed by atoms with Crippen molar-refractivity contribution in [2.24, 2.45) is 5.73 Å². The second-order valence-corrected chi connectivity index (χ2v) is 8.98. The highest BCUT2D eigenvalue weighted by molar-refractivity contribution is 6.31. The van der Waals surface area contributed by atoms with E-state index in [0.29, 0.717) is 40.1 Å². The molecule has 0 radical (unpaired) electrons. The molecule has 180 valence electrons. The molecule has 0 atom stereocenters. The molecular formula is C29H23ClN2O4. The maximum atomic E-state index is 12.4. The van der Waals surface area contributed by atoms with Gasteiger partial charge in [-0.25, -0.2) is 4.79 Å². The molecule has 0 spiro atoms. The fraction of sp³-hybridized carbons (Fsp3) is 0.103. The summed E-state index contributed by atoms with van der Waals surface area (Å²) in [4.78, 5) is 23.8. The third kappa shape index (κ3) is 4.51. The van der Waals surface area contributed by atoms with Gasteiger partial charge in [0.2, 0.25) is 5.91 Å². The van der Waals surface area contributed by atoms with Gasteiger partial charge in [-0.05, 0) is 53.4 Å². The first kappa shape index (κ1) is 23.5. The van der Waals surface area contributed by atoms with Crippen molar-refractivity contribution in [1.82, 2.24) is 4.57 Å². The molecule has 0 aliphatic heterocycles. The largest absolute Gasteiger partial charge is 0.481 e. The Kier molecular flexibility index (Phi) is 6.36. The number of carbonyl (C=O) groups is 2. The van der Waals surface area contributed by atoms with Gasteiger partial charge < -0.3 is 20.1 Å². The molecule has 0 fully saturated rings. The summed E-state index contributed by atoms with van der Waals surface area (Å²) in [7, 11) is 0. The van der Waals surface area contributed by atoms with Crippen LogP contribution in [0.1, 0.15) is 27.0 Å². The number of primary amides is 1. The van der Waals surface area contributed by atoms with Crippen molar-refractivity contribution >= 4 is 45.3 Å². The molecule has 0 saturated carbocycles. The normalized spacial score (nSPS) is 11.1. The number of hydrogen-bond acceptors (Lipinski definition) is 3. The van der Waals surface area contributed by atoms with E-state index in [4.69, 9.17) is 22.1 Å². The average Bonchev–Trinajstić information content (AvgIpc) is 3.18. The van der Waals surface area contributed by atoms with E-state index in [-0.39, 0.29) is 0 Å². The highest BCUT2D eigenvalue weighted by atomic mass is 35.5. The van der Waals surface area contributed by atoms with Crippen LogP contribution in [0.5, 0.6) is 5.75 Å². The van der Waals surface area contributed by atoms with E-state index >= 15 is 0 Å². The van der Waals surface area contributed by atoms with Gasteiger partial charge in [-0.1, -0.05) is 66.2 Å². The van der Waals surface area contributed by atoms with Gasteiger partial charge in [-0.2, -0.15) is 0 Å². The molecule has 7 heteroatoms. The first-order chi connectivity index (χ1) is 17.4. The van der Waals surface area contributed by atoms with E-state index in [9.17, 15) is 14.7 Å². The Morgan fingerprint density at radius 2 is 1.61 bits per heavy atom. The van der Waals surface area contributed by atoms with Crippen LogP contribution in [0.25, 0.3) is 21.8 Å². The first-order valence-electron chi connectivity index (χ1n) is 11.4. The molecule has 1 amide bonds. The number of halogens is 1. The number of ether oxygens (including phenoxy) is 1. The number of carboxylic acid groups (broad SMARTS) is 1. The maximum Gasteiger partial charge on any atom is 0.341 e. The van der Waals surface area contributed by atoms with Crippen molar-refractivity contribution in [2.45, 2.75) is 13.0 Å². The van der Waals surface area contributed by atoms with Crippen molar-refractivity contribution < 1.29 is 19.4 Å². The van der Waals surface area contributed by atoms with Gasteiger partial charge in [0, 0.05) is 22.5 Å². The van der Waals surface area contributed by atoms with Crippen molar-refractivity contribution in [2.75, 3.05) is 6.61 Å². The Bertz CT molecular complexity index is 1610. The molecule has 6 nitrogen and oxygen atoms in total. The minimum atomic E-state index is -1.09. The van der Waals surface area contributed by atoms with Crippen molar-refractivity contribution in [3.63, 3.8) is 0 Å². The van der Waals surface area contributed by atoms with E-state index in [1.807, 2.05) is 72.8 Å². The summed E-state index contributed by atoms with van der Waals surface area (Å²) in [6, 6.07) is 26.8. The van der Waals surface area contributed by atoms with Crippen LogP contribution < -0.4 is 10.5 Å². The van der Waals surface area contributed by atoms with Crippen LogP contribution in [0.3, 0.4) is 0 Å². The number of fused-ring (bicyclic) bond motifs is 3. The zero-order chi connectivity index (χ0) is 25.2. The lowest BCUT2D eigenvalue weighted by Crippen LogP contribution is -2.12. The third-order valence-corrected chi connectivity index (χ3v) is 6.54. The molecule has 0 saturated heterocycles. The topological polar surface area (TPSA) is 94.6 Å². The highest BCUT2D eigenvalue weighted by Gasteiger charge is 2.21. The van der Waals surface area contributed by atoms with E-state index in [1.165, 1.54) is 0 Å². The number of nitrogens with zero attached hydrogens (tertiary/aromatic N) is 1. The Labute approximate surface area is 212 Å². The van der Waals surface area contributed by atoms with Crippen molar-refractivity contribution in [1.29, 1.82) is 0 Å². The van der Waals surface area contributed by atoms with E-state index in [0.717, 1.165) is 27.7 Å². The molecule has 0 unspecified atom stereocenters. The Morgan fingerprint density at radius 1 is 0.861 bits per heavy atom. The fourth-order valence-corrected chi connectivity index (χ4v) is 4.84. The number of benzene rings is 4. The number of amides is 1. The molecule has 0 aliphatic rings. The van der Waals surface area contributed by atoms with Gasteiger partial charge >= 0.3 is 5.97 Å². The lowest BCUT2D eigenvalue weighted by Gasteiger charge is -2.12. The summed E-state index contributed by atoms with van der Waals surface area (Å²) in [6.07, 6.45) is 0.522. The zero-order valence-corrected chi connectivity index (χ0v) is 20.0. The number of rotatable bonds is 8. The fourth-order valence-electron chi connectivity index (χ4n) is 4.64. The Balaban J connectivity index is 1.81. The smallest absolute Gasteiger partial charge is 0.341 e. The highest BCUT2D eigenvalue weighted by Crippen LogP contribution is 2.40. The second-order valence-electron chi connectivity index (χ2n) is 8.57. The molecule has 0 aliphatic carbocycles. The summed E-state index contributed by atoms with van der Waals surface area (Å²) < 4.78 is 7.91. The predicted octanol–water partition coefficient (Wildman–Crippen LogP) is 5.65. The Morgan fingerprint density at radius 3 is 2.33 bits per heavy atom. The first-order valence-corrected chi connectivity index (χ1v) is 11.8. The molecule has 3 N–H and O–H groups in total. The van der Waals surface area contributed by atoms with Crippen molar-refractivity contribution in [3.8, 4) is 5.75 Å². The monoisotopic (exact) mass is 498 g/mol. The lowest BCUT2D eigenvalue weighted by molar-refractivity contribution is -0.139. The predicted molar refractivity (Wildman–Crippen MR) is 141 cm³/mol. The SMILES string of the molecule is NC(=O)c1cccc2c1c1c(OCC(=O)O)cc(Cc3ccccc3Cl)cc1n2Cc1ccccc1. The minimum absolute atomic E-state index is 0.350. The number of aromatic nitrogens is 1. The standard InChI is InChI=1S/C29H23ClN2O4/c30-22-11-5-4-9-20(22)13-19-14-24-28(25(15-19)36-17-26(33)34)27-21(29(31)35)10-6-12-23(27)32(24)16-18-7-2-1-3-8-18/h1-12,14-15H,13,16-17H2,(H2,31,35)(H,33,34). The molecule has 4 aromatic carbocycles. The van der Waals surface area contributed by atoms with Crippen LogP contribution >= 0.6 is 11.6 Å². The molecule has 36 heavy (non-hydrogen) atoms. The lowest BCUT2D eigenvalue weighted by atomic mass is 10.0.